The van der Waals surface area contributed by atoms with Gasteiger partial charge in [0.2, 0.25) is 5.91 Å². The third-order valence-corrected chi connectivity index (χ3v) is 4.42. The zero-order valence-corrected chi connectivity index (χ0v) is 12.6. The summed E-state index contributed by atoms with van der Waals surface area (Å²) in [7, 11) is 0. The highest BCUT2D eigenvalue weighted by Gasteiger charge is 2.30. The quantitative estimate of drug-likeness (QED) is 0.827. The number of rotatable bonds is 2. The van der Waals surface area contributed by atoms with Crippen molar-refractivity contribution in [1.82, 2.24) is 9.88 Å². The van der Waals surface area contributed by atoms with E-state index in [2.05, 4.69) is 22.9 Å². The predicted octanol–water partition coefficient (Wildman–Crippen LogP) is 1.47. The van der Waals surface area contributed by atoms with Crippen LogP contribution in [0.3, 0.4) is 0 Å². The highest BCUT2D eigenvalue weighted by Crippen LogP contribution is 2.26. The van der Waals surface area contributed by atoms with Crippen molar-refractivity contribution in [2.75, 3.05) is 44.3 Å². The van der Waals surface area contributed by atoms with E-state index >= 15 is 0 Å². The van der Waals surface area contributed by atoms with Crippen LogP contribution < -0.4 is 4.90 Å². The monoisotopic (exact) mass is 289 g/mol. The van der Waals surface area contributed by atoms with E-state index in [1.54, 1.807) is 0 Å². The van der Waals surface area contributed by atoms with Gasteiger partial charge in [0, 0.05) is 44.3 Å². The molecule has 3 rings (SSSR count). The van der Waals surface area contributed by atoms with Gasteiger partial charge in [-0.15, -0.1) is 0 Å². The molecule has 2 saturated heterocycles. The molecule has 0 aliphatic carbocycles. The summed E-state index contributed by atoms with van der Waals surface area (Å²) in [5.41, 5.74) is 2.39. The molecule has 5 nitrogen and oxygen atoms in total. The van der Waals surface area contributed by atoms with Gasteiger partial charge in [0.25, 0.3) is 0 Å². The van der Waals surface area contributed by atoms with Gasteiger partial charge in [-0.3, -0.25) is 9.78 Å². The second-order valence-corrected chi connectivity index (χ2v) is 5.88. The van der Waals surface area contributed by atoms with E-state index in [0.29, 0.717) is 19.1 Å². The minimum absolute atomic E-state index is 0.115. The van der Waals surface area contributed by atoms with Gasteiger partial charge in [-0.2, -0.15) is 0 Å². The first-order valence-electron chi connectivity index (χ1n) is 7.78. The third kappa shape index (κ3) is 3.18. The molecular weight excluding hydrogens is 266 g/mol. The number of amides is 1. The zero-order chi connectivity index (χ0) is 14.7. The Hall–Kier alpha value is -1.62. The van der Waals surface area contributed by atoms with Crippen molar-refractivity contribution in [3.8, 4) is 0 Å². The van der Waals surface area contributed by atoms with Crippen molar-refractivity contribution in [3.05, 3.63) is 24.0 Å². The first kappa shape index (κ1) is 14.3. The van der Waals surface area contributed by atoms with Gasteiger partial charge in [-0.1, -0.05) is 0 Å². The SMILES string of the molecule is Cc1cnccc1N1CCCC(C(=O)N2CCOCC2)C1. The fourth-order valence-corrected chi connectivity index (χ4v) is 3.26. The molecule has 0 spiro atoms. The zero-order valence-electron chi connectivity index (χ0n) is 12.6. The topological polar surface area (TPSA) is 45.7 Å². The number of anilines is 1. The van der Waals surface area contributed by atoms with Crippen molar-refractivity contribution in [3.63, 3.8) is 0 Å². The minimum Gasteiger partial charge on any atom is -0.378 e. The van der Waals surface area contributed by atoms with Crippen molar-refractivity contribution >= 4 is 11.6 Å². The standard InChI is InChI=1S/C16H23N3O2/c1-13-11-17-5-4-15(13)19-6-2-3-14(12-19)16(20)18-7-9-21-10-8-18/h4-5,11,14H,2-3,6-10,12H2,1H3. The van der Waals surface area contributed by atoms with E-state index in [9.17, 15) is 4.79 Å². The second-order valence-electron chi connectivity index (χ2n) is 5.88. The fourth-order valence-electron chi connectivity index (χ4n) is 3.26. The number of hydrogen-bond acceptors (Lipinski definition) is 4. The van der Waals surface area contributed by atoms with E-state index in [-0.39, 0.29) is 5.92 Å². The normalized spacial score (nSPS) is 23.2. The van der Waals surface area contributed by atoms with Crippen LogP contribution in [0, 0.1) is 12.8 Å². The van der Waals surface area contributed by atoms with Crippen LogP contribution in [-0.4, -0.2) is 55.2 Å². The average Bonchev–Trinajstić information content (AvgIpc) is 2.55. The Kier molecular flexibility index (Phi) is 4.39. The Morgan fingerprint density at radius 2 is 2.14 bits per heavy atom. The maximum absolute atomic E-state index is 12.6. The van der Waals surface area contributed by atoms with E-state index in [1.807, 2.05) is 17.3 Å². The number of ether oxygens (including phenoxy) is 1. The molecule has 0 radical (unpaired) electrons. The number of aryl methyl sites for hydroxylation is 1. The Balaban J connectivity index is 1.68. The van der Waals surface area contributed by atoms with E-state index in [1.165, 1.54) is 11.3 Å². The molecule has 0 saturated carbocycles. The summed E-state index contributed by atoms with van der Waals surface area (Å²) in [6, 6.07) is 2.05. The molecule has 1 unspecified atom stereocenters. The van der Waals surface area contributed by atoms with Gasteiger partial charge in [0.1, 0.15) is 0 Å². The molecule has 114 valence electrons. The van der Waals surface area contributed by atoms with Gasteiger partial charge in [0.15, 0.2) is 0 Å². The van der Waals surface area contributed by atoms with E-state index in [0.717, 1.165) is 39.0 Å². The maximum atomic E-state index is 12.6. The molecule has 1 amide bonds. The van der Waals surface area contributed by atoms with Crippen LogP contribution in [0.4, 0.5) is 5.69 Å². The number of nitrogens with zero attached hydrogens (tertiary/aromatic N) is 3. The second kappa shape index (κ2) is 6.43. The first-order chi connectivity index (χ1) is 10.3. The van der Waals surface area contributed by atoms with E-state index in [4.69, 9.17) is 4.74 Å². The predicted molar refractivity (Wildman–Crippen MR) is 81.3 cm³/mol. The van der Waals surface area contributed by atoms with Crippen LogP contribution in [-0.2, 0) is 9.53 Å². The maximum Gasteiger partial charge on any atom is 0.227 e. The number of pyridine rings is 1. The molecule has 3 heterocycles. The summed E-state index contributed by atoms with van der Waals surface area (Å²) in [5.74, 6) is 0.416. The largest absolute Gasteiger partial charge is 0.378 e. The highest BCUT2D eigenvalue weighted by atomic mass is 16.5. The van der Waals surface area contributed by atoms with Crippen molar-refractivity contribution < 1.29 is 9.53 Å². The van der Waals surface area contributed by atoms with Crippen molar-refractivity contribution in [2.24, 2.45) is 5.92 Å². The third-order valence-electron chi connectivity index (χ3n) is 4.42. The molecule has 2 aliphatic rings. The van der Waals surface area contributed by atoms with Crippen LogP contribution in [0.2, 0.25) is 0 Å². The lowest BCUT2D eigenvalue weighted by molar-refractivity contribution is -0.139. The summed E-state index contributed by atoms with van der Waals surface area (Å²) < 4.78 is 5.33. The number of hydrogen-bond donors (Lipinski definition) is 0. The first-order valence-corrected chi connectivity index (χ1v) is 7.78. The Morgan fingerprint density at radius 1 is 1.33 bits per heavy atom. The lowest BCUT2D eigenvalue weighted by Gasteiger charge is -2.37. The van der Waals surface area contributed by atoms with Gasteiger partial charge >= 0.3 is 0 Å². The highest BCUT2D eigenvalue weighted by molar-refractivity contribution is 5.80. The van der Waals surface area contributed by atoms with Gasteiger partial charge in [-0.05, 0) is 31.4 Å². The number of carbonyl (C=O) groups excluding carboxylic acids is 1. The molecule has 1 atom stereocenters. The molecule has 0 N–H and O–H groups in total. The molecule has 2 fully saturated rings. The molecule has 1 aromatic rings. The van der Waals surface area contributed by atoms with Gasteiger partial charge < -0.3 is 14.5 Å². The van der Waals surface area contributed by atoms with Crippen LogP contribution >= 0.6 is 0 Å². The number of aromatic nitrogens is 1. The van der Waals surface area contributed by atoms with Crippen LogP contribution in [0.1, 0.15) is 18.4 Å². The fraction of sp³-hybridized carbons (Fsp3) is 0.625. The summed E-state index contributed by atoms with van der Waals surface area (Å²) >= 11 is 0. The van der Waals surface area contributed by atoms with Crippen LogP contribution in [0.15, 0.2) is 18.5 Å². The molecule has 0 bridgehead atoms. The summed E-state index contributed by atoms with van der Waals surface area (Å²) in [5, 5.41) is 0. The van der Waals surface area contributed by atoms with Crippen LogP contribution in [0.25, 0.3) is 0 Å². The number of carbonyl (C=O) groups is 1. The Morgan fingerprint density at radius 3 is 2.90 bits per heavy atom. The Labute approximate surface area is 125 Å². The minimum atomic E-state index is 0.115. The van der Waals surface area contributed by atoms with Gasteiger partial charge in [0.05, 0.1) is 19.1 Å². The average molecular weight is 289 g/mol. The van der Waals surface area contributed by atoms with Crippen molar-refractivity contribution in [1.29, 1.82) is 0 Å². The van der Waals surface area contributed by atoms with Crippen LogP contribution in [0.5, 0.6) is 0 Å². The summed E-state index contributed by atoms with van der Waals surface area (Å²) in [6.45, 7) is 6.75. The Bertz CT molecular complexity index is 500. The van der Waals surface area contributed by atoms with Gasteiger partial charge in [-0.25, -0.2) is 0 Å². The lowest BCUT2D eigenvalue weighted by atomic mass is 9.95. The molecule has 2 aliphatic heterocycles. The van der Waals surface area contributed by atoms with E-state index < -0.39 is 0 Å². The summed E-state index contributed by atoms with van der Waals surface area (Å²) in [6.07, 6.45) is 5.79. The smallest absolute Gasteiger partial charge is 0.227 e. The lowest BCUT2D eigenvalue weighted by Crippen LogP contribution is -2.48. The molecular formula is C16H23N3O2. The summed E-state index contributed by atoms with van der Waals surface area (Å²) in [4.78, 5) is 21.1. The number of piperidine rings is 1. The van der Waals surface area contributed by atoms with Crippen molar-refractivity contribution in [2.45, 2.75) is 19.8 Å². The number of morpholine rings is 1. The molecule has 0 aromatic carbocycles. The molecule has 5 heteroatoms. The molecule has 21 heavy (non-hydrogen) atoms. The molecule has 1 aromatic heterocycles.